The van der Waals surface area contributed by atoms with E-state index in [1.807, 2.05) is 17.4 Å². The Morgan fingerprint density at radius 1 is 0.471 bits per heavy atom. The van der Waals surface area contributed by atoms with Crippen LogP contribution in [0, 0.1) is 0 Å². The van der Waals surface area contributed by atoms with E-state index in [0.29, 0.717) is 0 Å². The molecule has 0 aliphatic carbocycles. The van der Waals surface area contributed by atoms with Crippen LogP contribution in [0.5, 0.6) is 0 Å². The number of hydrogen-bond acceptors (Lipinski definition) is 5. The summed E-state index contributed by atoms with van der Waals surface area (Å²) in [6.07, 6.45) is 0. The number of rotatable bonds is 4. The SMILES string of the molecule is Brc1ccc2c(c1)sc1cc3c(cc12)oc1cc(N(c2ccc(-c4nc5ccccc5s4)cc2)c2ccc4cc5ccccc5cc4c2)ccc13. The Morgan fingerprint density at radius 3 is 2.02 bits per heavy atom. The molecule has 0 radical (unpaired) electrons. The van der Waals surface area contributed by atoms with Crippen molar-refractivity contribution in [3.8, 4) is 10.6 Å². The smallest absolute Gasteiger partial charge is 0.137 e. The molecule has 0 atom stereocenters. The Kier molecular flexibility index (Phi) is 6.44. The standard InChI is InChI=1S/C45H25BrN2OS2/c46-31-12-17-36-38-24-41-37(25-44(38)50-43(36)22-31)35-18-16-34(23-40(35)49-41)48(33-15-11-29-19-27-5-1-2-6-28(27)20-30(29)21-33)32-13-9-26(10-14-32)45-47-39-7-3-4-8-42(39)51-45/h1-25H. The predicted octanol–water partition coefficient (Wildman–Crippen LogP) is 14.8. The molecule has 11 aromatic rings. The molecule has 0 spiro atoms. The molecule has 0 saturated heterocycles. The van der Waals surface area contributed by atoms with Gasteiger partial charge in [0.25, 0.3) is 0 Å². The van der Waals surface area contributed by atoms with Crippen molar-refractivity contribution in [2.45, 2.75) is 0 Å². The zero-order valence-corrected chi connectivity index (χ0v) is 30.1. The summed E-state index contributed by atoms with van der Waals surface area (Å²) in [5, 5.41) is 10.7. The van der Waals surface area contributed by atoms with Gasteiger partial charge in [0.15, 0.2) is 0 Å². The summed E-state index contributed by atoms with van der Waals surface area (Å²) in [6, 6.07) is 54.6. The topological polar surface area (TPSA) is 29.3 Å². The molecule has 0 amide bonds. The first-order chi connectivity index (χ1) is 25.1. The molecule has 240 valence electrons. The average Bonchev–Trinajstić information content (AvgIpc) is 3.85. The quantitative estimate of drug-likeness (QED) is 0.168. The zero-order valence-electron chi connectivity index (χ0n) is 26.9. The van der Waals surface area contributed by atoms with Crippen LogP contribution in [0.4, 0.5) is 17.1 Å². The van der Waals surface area contributed by atoms with Gasteiger partial charge in [0.1, 0.15) is 16.2 Å². The Balaban J connectivity index is 1.07. The molecule has 0 bridgehead atoms. The van der Waals surface area contributed by atoms with Crippen LogP contribution in [-0.2, 0) is 0 Å². The fourth-order valence-electron chi connectivity index (χ4n) is 7.41. The van der Waals surface area contributed by atoms with Crippen LogP contribution in [0.25, 0.3) is 84.4 Å². The lowest BCUT2D eigenvalue weighted by Gasteiger charge is -2.26. The molecular formula is C45H25BrN2OS2. The lowest BCUT2D eigenvalue weighted by Crippen LogP contribution is -2.09. The number of fused-ring (bicyclic) bond motifs is 9. The average molecular weight is 754 g/mol. The second-order valence-corrected chi connectivity index (χ2v) is 16.0. The number of furan rings is 1. The highest BCUT2D eigenvalue weighted by molar-refractivity contribution is 9.10. The first kappa shape index (κ1) is 29.2. The normalized spacial score (nSPS) is 12.0. The maximum atomic E-state index is 6.65. The molecule has 3 nitrogen and oxygen atoms in total. The molecule has 11 rings (SSSR count). The third kappa shape index (κ3) is 4.79. The number of benzene rings is 8. The predicted molar refractivity (Wildman–Crippen MR) is 223 cm³/mol. The number of aromatic nitrogens is 1. The first-order valence-electron chi connectivity index (χ1n) is 16.8. The highest BCUT2D eigenvalue weighted by Gasteiger charge is 2.18. The van der Waals surface area contributed by atoms with Crippen molar-refractivity contribution in [2.24, 2.45) is 0 Å². The number of thiazole rings is 1. The van der Waals surface area contributed by atoms with E-state index in [0.717, 1.165) is 59.6 Å². The number of halogens is 1. The van der Waals surface area contributed by atoms with Gasteiger partial charge in [-0.25, -0.2) is 4.98 Å². The van der Waals surface area contributed by atoms with Crippen LogP contribution in [0.2, 0.25) is 0 Å². The Hall–Kier alpha value is -5.53. The molecule has 0 aliphatic rings. The van der Waals surface area contributed by atoms with Gasteiger partial charge in [0.05, 0.1) is 10.2 Å². The van der Waals surface area contributed by atoms with Crippen molar-refractivity contribution in [1.29, 1.82) is 0 Å². The molecule has 0 saturated carbocycles. The maximum Gasteiger partial charge on any atom is 0.137 e. The minimum Gasteiger partial charge on any atom is -0.456 e. The number of anilines is 3. The highest BCUT2D eigenvalue weighted by Crippen LogP contribution is 2.43. The van der Waals surface area contributed by atoms with Crippen molar-refractivity contribution < 1.29 is 4.42 Å². The van der Waals surface area contributed by atoms with Gasteiger partial charge in [-0.15, -0.1) is 22.7 Å². The van der Waals surface area contributed by atoms with Crippen LogP contribution in [-0.4, -0.2) is 4.98 Å². The van der Waals surface area contributed by atoms with Crippen LogP contribution in [0.3, 0.4) is 0 Å². The van der Waals surface area contributed by atoms with Gasteiger partial charge in [-0.05, 0) is 119 Å². The lowest BCUT2D eigenvalue weighted by atomic mass is 10.0. The number of para-hydroxylation sites is 1. The van der Waals surface area contributed by atoms with E-state index in [1.165, 1.54) is 46.4 Å². The van der Waals surface area contributed by atoms with Crippen LogP contribution < -0.4 is 4.90 Å². The third-order valence-electron chi connectivity index (χ3n) is 9.88. The monoisotopic (exact) mass is 752 g/mol. The molecule has 8 aromatic carbocycles. The third-order valence-corrected chi connectivity index (χ3v) is 12.6. The molecule has 3 heterocycles. The summed E-state index contributed by atoms with van der Waals surface area (Å²) < 4.78 is 11.5. The van der Waals surface area contributed by atoms with Gasteiger partial charge >= 0.3 is 0 Å². The number of nitrogens with zero attached hydrogens (tertiary/aromatic N) is 2. The lowest BCUT2D eigenvalue weighted by molar-refractivity contribution is 0.669. The fraction of sp³-hybridized carbons (Fsp3) is 0. The van der Waals surface area contributed by atoms with Gasteiger partial charge in [-0.2, -0.15) is 0 Å². The molecular weight excluding hydrogens is 729 g/mol. The summed E-state index contributed by atoms with van der Waals surface area (Å²) in [4.78, 5) is 7.24. The molecule has 6 heteroatoms. The zero-order chi connectivity index (χ0) is 33.6. The van der Waals surface area contributed by atoms with E-state index in [9.17, 15) is 0 Å². The van der Waals surface area contributed by atoms with E-state index < -0.39 is 0 Å². The molecule has 0 unspecified atom stereocenters. The van der Waals surface area contributed by atoms with E-state index in [2.05, 4.69) is 166 Å². The van der Waals surface area contributed by atoms with Crippen molar-refractivity contribution in [3.05, 3.63) is 156 Å². The summed E-state index contributed by atoms with van der Waals surface area (Å²) in [7, 11) is 0. The van der Waals surface area contributed by atoms with Crippen LogP contribution >= 0.6 is 38.6 Å². The van der Waals surface area contributed by atoms with Crippen molar-refractivity contribution in [3.63, 3.8) is 0 Å². The van der Waals surface area contributed by atoms with Crippen molar-refractivity contribution >= 4 is 130 Å². The molecule has 0 fully saturated rings. The first-order valence-corrected chi connectivity index (χ1v) is 19.2. The van der Waals surface area contributed by atoms with E-state index in [1.54, 1.807) is 11.3 Å². The summed E-state index contributed by atoms with van der Waals surface area (Å²) in [5.41, 5.74) is 7.10. The molecule has 51 heavy (non-hydrogen) atoms. The van der Waals surface area contributed by atoms with Crippen LogP contribution in [0.1, 0.15) is 0 Å². The van der Waals surface area contributed by atoms with Crippen molar-refractivity contribution in [1.82, 2.24) is 4.98 Å². The molecule has 3 aromatic heterocycles. The second kappa shape index (κ2) is 11.2. The van der Waals surface area contributed by atoms with E-state index in [-0.39, 0.29) is 0 Å². The van der Waals surface area contributed by atoms with Crippen molar-refractivity contribution in [2.75, 3.05) is 4.90 Å². The van der Waals surface area contributed by atoms with Gasteiger partial charge < -0.3 is 9.32 Å². The number of hydrogen-bond donors (Lipinski definition) is 0. The largest absolute Gasteiger partial charge is 0.456 e. The Bertz CT molecular complexity index is 3140. The fourth-order valence-corrected chi connectivity index (χ4v) is 10.1. The minimum atomic E-state index is 0.870. The number of thiophene rings is 1. The van der Waals surface area contributed by atoms with Gasteiger partial charge in [0.2, 0.25) is 0 Å². The highest BCUT2D eigenvalue weighted by atomic mass is 79.9. The Morgan fingerprint density at radius 2 is 1.16 bits per heavy atom. The Labute approximate surface area is 308 Å². The van der Waals surface area contributed by atoms with Crippen LogP contribution in [0.15, 0.2) is 161 Å². The van der Waals surface area contributed by atoms with E-state index in [4.69, 9.17) is 9.40 Å². The van der Waals surface area contributed by atoms with Gasteiger partial charge in [-0.3, -0.25) is 0 Å². The van der Waals surface area contributed by atoms with Gasteiger partial charge in [0, 0.05) is 64.1 Å². The van der Waals surface area contributed by atoms with E-state index >= 15 is 0 Å². The minimum absolute atomic E-state index is 0.870. The summed E-state index contributed by atoms with van der Waals surface area (Å²) in [5.74, 6) is 0. The summed E-state index contributed by atoms with van der Waals surface area (Å²) >= 11 is 7.18. The van der Waals surface area contributed by atoms with Gasteiger partial charge in [-0.1, -0.05) is 64.5 Å². The molecule has 0 aliphatic heterocycles. The second-order valence-electron chi connectivity index (χ2n) is 13.0. The maximum absolute atomic E-state index is 6.65. The molecule has 0 N–H and O–H groups in total. The summed E-state index contributed by atoms with van der Waals surface area (Å²) in [6.45, 7) is 0.